The molecule has 10 nitrogen and oxygen atoms in total. The topological polar surface area (TPSA) is 103 Å². The van der Waals surface area contributed by atoms with Crippen molar-refractivity contribution in [2.24, 2.45) is 17.8 Å². The van der Waals surface area contributed by atoms with E-state index in [-0.39, 0.29) is 30.2 Å². The van der Waals surface area contributed by atoms with Crippen LogP contribution >= 0.6 is 0 Å². The highest BCUT2D eigenvalue weighted by atomic mass is 16.5. The summed E-state index contributed by atoms with van der Waals surface area (Å²) in [6.07, 6.45) is 4.64. The quantitative estimate of drug-likeness (QED) is 0.340. The molecule has 1 N–H and O–H groups in total. The van der Waals surface area contributed by atoms with Crippen molar-refractivity contribution < 1.29 is 29.0 Å². The van der Waals surface area contributed by atoms with Gasteiger partial charge in [0.1, 0.15) is 11.6 Å². The van der Waals surface area contributed by atoms with Gasteiger partial charge in [0, 0.05) is 46.3 Å². The fourth-order valence-corrected chi connectivity index (χ4v) is 7.11. The molecule has 3 amide bonds. The van der Waals surface area contributed by atoms with Gasteiger partial charge in [-0.15, -0.1) is 13.2 Å². The minimum Gasteiger partial charge on any atom is -0.394 e. The summed E-state index contributed by atoms with van der Waals surface area (Å²) in [5.74, 6) is -1.83. The third-order valence-corrected chi connectivity index (χ3v) is 8.83. The molecule has 0 aromatic heterocycles. The Morgan fingerprint density at radius 1 is 1.18 bits per heavy atom. The summed E-state index contributed by atoms with van der Waals surface area (Å²) in [7, 11) is 1.70. The van der Waals surface area contributed by atoms with Gasteiger partial charge in [-0.25, -0.2) is 0 Å². The zero-order valence-corrected chi connectivity index (χ0v) is 23.8. The molecule has 0 aliphatic carbocycles. The lowest BCUT2D eigenvalue weighted by molar-refractivity contribution is -0.152. The Balaban J connectivity index is 1.69. The molecule has 39 heavy (non-hydrogen) atoms. The molecule has 2 unspecified atom stereocenters. The predicted octanol–water partition coefficient (Wildman–Crippen LogP) is 0.759. The van der Waals surface area contributed by atoms with Crippen LogP contribution in [0.3, 0.4) is 0 Å². The average molecular weight is 547 g/mol. The highest BCUT2D eigenvalue weighted by Crippen LogP contribution is 2.59. The summed E-state index contributed by atoms with van der Waals surface area (Å²) in [5.41, 5.74) is -1.09. The molecule has 0 aromatic rings. The van der Waals surface area contributed by atoms with Crippen LogP contribution in [-0.4, -0.2) is 132 Å². The first kappa shape index (κ1) is 29.7. The minimum absolute atomic E-state index is 0.160. The fraction of sp³-hybridized carbons (Fsp3) is 0.759. The molecule has 4 fully saturated rings. The number of carbonyl (C=O) groups is 3. The Morgan fingerprint density at radius 2 is 1.87 bits per heavy atom. The molecule has 1 spiro atoms. The van der Waals surface area contributed by atoms with Gasteiger partial charge < -0.3 is 29.3 Å². The van der Waals surface area contributed by atoms with E-state index in [0.717, 1.165) is 13.1 Å². The maximum Gasteiger partial charge on any atom is 0.248 e. The average Bonchev–Trinajstić information content (AvgIpc) is 3.57. The molecular formula is C29H46N4O6. The van der Waals surface area contributed by atoms with Crippen LogP contribution < -0.4 is 0 Å². The second-order valence-corrected chi connectivity index (χ2v) is 11.8. The van der Waals surface area contributed by atoms with Crippen LogP contribution in [0.4, 0.5) is 0 Å². The number of aliphatic hydroxyl groups is 1. The number of ether oxygens (including phenoxy) is 2. The summed E-state index contributed by atoms with van der Waals surface area (Å²) in [4.78, 5) is 49.5. The van der Waals surface area contributed by atoms with Crippen LogP contribution in [0.25, 0.3) is 0 Å². The highest BCUT2D eigenvalue weighted by molar-refractivity contribution is 5.99. The fourth-order valence-electron chi connectivity index (χ4n) is 7.11. The lowest BCUT2D eigenvalue weighted by Gasteiger charge is -2.40. The van der Waals surface area contributed by atoms with Gasteiger partial charge in [-0.2, -0.15) is 0 Å². The lowest BCUT2D eigenvalue weighted by Crippen LogP contribution is -2.59. The molecule has 4 rings (SSSR count). The number of likely N-dealkylation sites (N-methyl/N-ethyl adjacent to an activating group) is 1. The molecule has 6 atom stereocenters. The minimum atomic E-state index is -1.09. The number of fused-ring (bicyclic) bond motifs is 1. The van der Waals surface area contributed by atoms with Crippen molar-refractivity contribution in [3.63, 3.8) is 0 Å². The predicted molar refractivity (Wildman–Crippen MR) is 147 cm³/mol. The molecule has 2 bridgehead atoms. The molecule has 0 aromatic carbocycles. The summed E-state index contributed by atoms with van der Waals surface area (Å²) in [6, 6.07) is -1.44. The van der Waals surface area contributed by atoms with Gasteiger partial charge >= 0.3 is 0 Å². The molecule has 0 radical (unpaired) electrons. The zero-order chi connectivity index (χ0) is 28.3. The van der Waals surface area contributed by atoms with Crippen molar-refractivity contribution in [1.82, 2.24) is 19.6 Å². The Labute approximate surface area is 232 Å². The maximum absolute atomic E-state index is 14.5. The first-order valence-electron chi connectivity index (χ1n) is 14.4. The largest absolute Gasteiger partial charge is 0.394 e. The van der Waals surface area contributed by atoms with Gasteiger partial charge in [0.25, 0.3) is 0 Å². The van der Waals surface area contributed by atoms with Crippen LogP contribution in [-0.2, 0) is 23.9 Å². The van der Waals surface area contributed by atoms with E-state index in [4.69, 9.17) is 9.47 Å². The van der Waals surface area contributed by atoms with Crippen LogP contribution in [0.5, 0.6) is 0 Å². The van der Waals surface area contributed by atoms with E-state index in [2.05, 4.69) is 18.1 Å². The monoisotopic (exact) mass is 546 g/mol. The van der Waals surface area contributed by atoms with Gasteiger partial charge in [-0.05, 0) is 25.2 Å². The van der Waals surface area contributed by atoms with Crippen molar-refractivity contribution in [3.8, 4) is 0 Å². The number of hydrogen-bond donors (Lipinski definition) is 1. The summed E-state index contributed by atoms with van der Waals surface area (Å²) in [5, 5.41) is 10.5. The van der Waals surface area contributed by atoms with Gasteiger partial charge in [0.05, 0.1) is 43.8 Å². The Morgan fingerprint density at radius 3 is 2.49 bits per heavy atom. The van der Waals surface area contributed by atoms with E-state index in [0.29, 0.717) is 58.7 Å². The third kappa shape index (κ3) is 5.53. The first-order chi connectivity index (χ1) is 18.7. The van der Waals surface area contributed by atoms with Crippen LogP contribution in [0, 0.1) is 17.8 Å². The van der Waals surface area contributed by atoms with E-state index in [1.165, 1.54) is 0 Å². The molecule has 4 aliphatic rings. The normalized spacial score (nSPS) is 30.9. The van der Waals surface area contributed by atoms with E-state index in [9.17, 15) is 19.5 Å². The number of likely N-dealkylation sites (tertiary alicyclic amines) is 1. The zero-order valence-electron chi connectivity index (χ0n) is 23.8. The van der Waals surface area contributed by atoms with Crippen molar-refractivity contribution >= 4 is 17.7 Å². The van der Waals surface area contributed by atoms with Gasteiger partial charge in [-0.1, -0.05) is 26.0 Å². The molecule has 10 heteroatoms. The number of amides is 3. The van der Waals surface area contributed by atoms with E-state index < -0.39 is 35.6 Å². The second-order valence-electron chi connectivity index (χ2n) is 11.8. The summed E-state index contributed by atoms with van der Waals surface area (Å²) >= 11 is 0. The standard InChI is InChI=1S/C29H46N4O6/c1-6-10-30(5)26(35)23-22-8-9-29(39-22)24(23)27(36)33(21(19-34)18-20(3)4)25(29)28(37)32(11-7-2)13-12-31-14-16-38-17-15-31/h6-7,20-25,34H,1-2,8-19H2,3-5H3/t21-,22+,23-,24+,25?,29?/m1/s1. The van der Waals surface area contributed by atoms with Crippen LogP contribution in [0.2, 0.25) is 0 Å². The summed E-state index contributed by atoms with van der Waals surface area (Å²) < 4.78 is 12.0. The highest BCUT2D eigenvalue weighted by Gasteiger charge is 2.75. The van der Waals surface area contributed by atoms with Crippen LogP contribution in [0.1, 0.15) is 33.1 Å². The number of carbonyl (C=O) groups excluding carboxylic acids is 3. The molecule has 4 aliphatic heterocycles. The Hall–Kier alpha value is -2.27. The van der Waals surface area contributed by atoms with Crippen molar-refractivity contribution in [1.29, 1.82) is 0 Å². The van der Waals surface area contributed by atoms with E-state index in [1.54, 1.807) is 33.9 Å². The summed E-state index contributed by atoms with van der Waals surface area (Å²) in [6.45, 7) is 16.2. The Bertz CT molecular complexity index is 937. The van der Waals surface area contributed by atoms with E-state index >= 15 is 0 Å². The molecule has 4 saturated heterocycles. The lowest BCUT2D eigenvalue weighted by atomic mass is 9.70. The molecule has 4 heterocycles. The number of rotatable bonds is 13. The molecule has 218 valence electrons. The van der Waals surface area contributed by atoms with Crippen molar-refractivity contribution in [2.75, 3.05) is 66.1 Å². The number of aliphatic hydroxyl groups excluding tert-OH is 1. The van der Waals surface area contributed by atoms with Crippen molar-refractivity contribution in [2.45, 2.75) is 56.9 Å². The van der Waals surface area contributed by atoms with Gasteiger partial charge in [0.2, 0.25) is 17.7 Å². The van der Waals surface area contributed by atoms with Gasteiger partial charge in [-0.3, -0.25) is 19.3 Å². The first-order valence-corrected chi connectivity index (χ1v) is 14.4. The van der Waals surface area contributed by atoms with Crippen molar-refractivity contribution in [3.05, 3.63) is 25.3 Å². The number of nitrogens with zero attached hydrogens (tertiary/aromatic N) is 4. The SMILES string of the molecule is C=CCN(C)C(=O)[C@@H]1[C@@H]2CCC3(O2)C(C(=O)N(CC=C)CCN2CCOCC2)N([C@@H](CO)CC(C)C)C(=O)[C@H]13. The maximum atomic E-state index is 14.5. The Kier molecular flexibility index (Phi) is 9.52. The van der Waals surface area contributed by atoms with Crippen LogP contribution in [0.15, 0.2) is 25.3 Å². The number of hydrogen-bond acceptors (Lipinski definition) is 7. The second kappa shape index (κ2) is 12.5. The van der Waals surface area contributed by atoms with Gasteiger partial charge in [0.15, 0.2) is 0 Å². The molecule has 0 saturated carbocycles. The number of morpholine rings is 1. The smallest absolute Gasteiger partial charge is 0.248 e. The third-order valence-electron chi connectivity index (χ3n) is 8.83. The van der Waals surface area contributed by atoms with E-state index in [1.807, 2.05) is 13.8 Å². The molecular weight excluding hydrogens is 500 g/mol.